The second kappa shape index (κ2) is 7.06. The molecule has 0 radical (unpaired) electrons. The predicted octanol–water partition coefficient (Wildman–Crippen LogP) is 3.59. The van der Waals surface area contributed by atoms with E-state index in [1.807, 2.05) is 6.07 Å². The third-order valence-electron chi connectivity index (χ3n) is 3.74. The minimum Gasteiger partial charge on any atom is -0.368 e. The summed E-state index contributed by atoms with van der Waals surface area (Å²) in [6.45, 7) is 0.921. The Kier molecular flexibility index (Phi) is 4.88. The Balaban J connectivity index is 1.87. The minimum absolute atomic E-state index is 0.121. The van der Waals surface area contributed by atoms with Crippen LogP contribution in [0.5, 0.6) is 0 Å². The molecule has 0 N–H and O–H groups in total. The molecular weight excluding hydrogens is 319 g/mol. The second-order valence-electron chi connectivity index (χ2n) is 5.39. The maximum atomic E-state index is 13.2. The Morgan fingerprint density at radius 2 is 2.09 bits per heavy atom. The molecule has 1 aromatic carbocycles. The lowest BCUT2D eigenvalue weighted by molar-refractivity contribution is -0.127. The molecule has 1 aliphatic rings. The molecule has 1 saturated heterocycles. The van der Waals surface area contributed by atoms with Crippen LogP contribution in [-0.2, 0) is 16.1 Å². The third-order valence-corrected chi connectivity index (χ3v) is 3.96. The number of amides is 1. The smallest absolute Gasteiger partial charge is 0.256 e. The van der Waals surface area contributed by atoms with Gasteiger partial charge in [0.1, 0.15) is 17.1 Å². The van der Waals surface area contributed by atoms with Crippen molar-refractivity contribution in [2.75, 3.05) is 11.5 Å². The molecule has 0 bridgehead atoms. The first-order valence-electron chi connectivity index (χ1n) is 7.42. The third kappa shape index (κ3) is 3.86. The van der Waals surface area contributed by atoms with E-state index in [0.29, 0.717) is 30.4 Å². The summed E-state index contributed by atoms with van der Waals surface area (Å²) in [4.78, 5) is 18.4. The molecular formula is C17H16ClFN2O2. The number of carbonyl (C=O) groups is 1. The normalized spacial score (nSPS) is 17.2. The van der Waals surface area contributed by atoms with Crippen molar-refractivity contribution in [3.8, 4) is 0 Å². The van der Waals surface area contributed by atoms with Gasteiger partial charge in [-0.25, -0.2) is 9.37 Å². The van der Waals surface area contributed by atoms with E-state index in [0.717, 1.165) is 12.0 Å². The van der Waals surface area contributed by atoms with Crippen LogP contribution >= 0.6 is 11.6 Å². The molecule has 1 atom stereocenters. The number of rotatable bonds is 4. The van der Waals surface area contributed by atoms with Gasteiger partial charge in [0.25, 0.3) is 5.91 Å². The SMILES string of the molecule is O=C(C1CCCO1)N(Cc1ccc(Cl)nc1)c1ccc(F)cc1. The molecule has 1 fully saturated rings. The molecule has 0 aliphatic carbocycles. The highest BCUT2D eigenvalue weighted by molar-refractivity contribution is 6.29. The molecule has 1 aliphatic heterocycles. The van der Waals surface area contributed by atoms with Gasteiger partial charge in [-0.05, 0) is 48.7 Å². The summed E-state index contributed by atoms with van der Waals surface area (Å²) in [5.74, 6) is -0.463. The van der Waals surface area contributed by atoms with Crippen molar-refractivity contribution in [3.63, 3.8) is 0 Å². The number of hydrogen-bond donors (Lipinski definition) is 0. The number of benzene rings is 1. The molecule has 2 heterocycles. The molecule has 1 aromatic heterocycles. The van der Waals surface area contributed by atoms with Crippen LogP contribution in [0.2, 0.25) is 5.15 Å². The Hall–Kier alpha value is -1.98. The maximum absolute atomic E-state index is 13.2. The van der Waals surface area contributed by atoms with Crippen molar-refractivity contribution in [3.05, 3.63) is 59.1 Å². The number of aromatic nitrogens is 1. The van der Waals surface area contributed by atoms with Crippen molar-refractivity contribution >= 4 is 23.2 Å². The predicted molar refractivity (Wildman–Crippen MR) is 85.8 cm³/mol. The largest absolute Gasteiger partial charge is 0.368 e. The quantitative estimate of drug-likeness (QED) is 0.802. The number of hydrogen-bond acceptors (Lipinski definition) is 3. The number of pyridine rings is 1. The summed E-state index contributed by atoms with van der Waals surface area (Å²) in [5.41, 5.74) is 1.46. The zero-order valence-corrected chi connectivity index (χ0v) is 13.2. The molecule has 3 rings (SSSR count). The van der Waals surface area contributed by atoms with Gasteiger partial charge in [0.15, 0.2) is 0 Å². The van der Waals surface area contributed by atoms with Gasteiger partial charge in [-0.1, -0.05) is 17.7 Å². The van der Waals surface area contributed by atoms with Crippen LogP contribution in [0.25, 0.3) is 0 Å². The second-order valence-corrected chi connectivity index (χ2v) is 5.78. The monoisotopic (exact) mass is 334 g/mol. The van der Waals surface area contributed by atoms with Crippen LogP contribution < -0.4 is 4.90 Å². The number of ether oxygens (including phenoxy) is 1. The van der Waals surface area contributed by atoms with E-state index in [2.05, 4.69) is 4.98 Å². The summed E-state index contributed by atoms with van der Waals surface area (Å²) >= 11 is 5.80. The van der Waals surface area contributed by atoms with Gasteiger partial charge in [0, 0.05) is 18.5 Å². The average molecular weight is 335 g/mol. The van der Waals surface area contributed by atoms with Crippen LogP contribution in [0.15, 0.2) is 42.6 Å². The molecule has 0 spiro atoms. The molecule has 23 heavy (non-hydrogen) atoms. The maximum Gasteiger partial charge on any atom is 0.256 e. The van der Waals surface area contributed by atoms with Crippen molar-refractivity contribution < 1.29 is 13.9 Å². The first-order chi connectivity index (χ1) is 11.1. The summed E-state index contributed by atoms with van der Waals surface area (Å²) in [6, 6.07) is 9.35. The van der Waals surface area contributed by atoms with Crippen molar-refractivity contribution in [2.24, 2.45) is 0 Å². The van der Waals surface area contributed by atoms with E-state index in [4.69, 9.17) is 16.3 Å². The van der Waals surface area contributed by atoms with E-state index in [9.17, 15) is 9.18 Å². The van der Waals surface area contributed by atoms with Gasteiger partial charge in [-0.15, -0.1) is 0 Å². The fourth-order valence-electron chi connectivity index (χ4n) is 2.55. The molecule has 1 amide bonds. The van der Waals surface area contributed by atoms with Crippen molar-refractivity contribution in [1.29, 1.82) is 0 Å². The molecule has 1 unspecified atom stereocenters. The van der Waals surface area contributed by atoms with Gasteiger partial charge in [0.05, 0.1) is 6.54 Å². The standard InChI is InChI=1S/C17H16ClFN2O2/c18-16-8-3-12(10-20-16)11-21(14-6-4-13(19)5-7-14)17(22)15-2-1-9-23-15/h3-8,10,15H,1-2,9,11H2. The number of anilines is 1. The lowest BCUT2D eigenvalue weighted by Crippen LogP contribution is -2.38. The van der Waals surface area contributed by atoms with E-state index in [1.54, 1.807) is 29.3 Å². The van der Waals surface area contributed by atoms with Gasteiger partial charge in [0.2, 0.25) is 0 Å². The van der Waals surface area contributed by atoms with E-state index in [1.165, 1.54) is 12.1 Å². The Morgan fingerprint density at radius 3 is 2.70 bits per heavy atom. The molecule has 0 saturated carbocycles. The topological polar surface area (TPSA) is 42.4 Å². The summed E-state index contributed by atoms with van der Waals surface area (Å²) in [6.07, 6.45) is 2.76. The Labute approximate surface area is 138 Å². The van der Waals surface area contributed by atoms with E-state index < -0.39 is 6.10 Å². The van der Waals surface area contributed by atoms with Gasteiger partial charge >= 0.3 is 0 Å². The molecule has 120 valence electrons. The lowest BCUT2D eigenvalue weighted by atomic mass is 10.1. The van der Waals surface area contributed by atoms with Crippen LogP contribution in [0.1, 0.15) is 18.4 Å². The lowest BCUT2D eigenvalue weighted by Gasteiger charge is -2.25. The average Bonchev–Trinajstić information content (AvgIpc) is 3.09. The summed E-state index contributed by atoms with van der Waals surface area (Å²) in [5, 5.41) is 0.396. The van der Waals surface area contributed by atoms with Gasteiger partial charge < -0.3 is 9.64 Å². The number of nitrogens with zero attached hydrogens (tertiary/aromatic N) is 2. The number of halogens is 2. The summed E-state index contributed by atoms with van der Waals surface area (Å²) in [7, 11) is 0. The number of carbonyl (C=O) groups excluding carboxylic acids is 1. The molecule has 4 nitrogen and oxygen atoms in total. The van der Waals surface area contributed by atoms with Gasteiger partial charge in [-0.2, -0.15) is 0 Å². The van der Waals surface area contributed by atoms with E-state index in [-0.39, 0.29) is 11.7 Å². The van der Waals surface area contributed by atoms with Gasteiger partial charge in [-0.3, -0.25) is 4.79 Å². The highest BCUT2D eigenvalue weighted by atomic mass is 35.5. The first-order valence-corrected chi connectivity index (χ1v) is 7.80. The van der Waals surface area contributed by atoms with Crippen molar-refractivity contribution in [2.45, 2.75) is 25.5 Å². The Bertz CT molecular complexity index is 670. The van der Waals surface area contributed by atoms with Crippen molar-refractivity contribution in [1.82, 2.24) is 4.98 Å². The molecule has 2 aromatic rings. The first kappa shape index (κ1) is 15.9. The summed E-state index contributed by atoms with van der Waals surface area (Å²) < 4.78 is 18.7. The molecule has 6 heteroatoms. The minimum atomic E-state index is -0.444. The fourth-order valence-corrected chi connectivity index (χ4v) is 2.66. The fraction of sp³-hybridized carbons (Fsp3) is 0.294. The zero-order valence-electron chi connectivity index (χ0n) is 12.4. The van der Waals surface area contributed by atoms with Crippen LogP contribution in [0.4, 0.5) is 10.1 Å². The highest BCUT2D eigenvalue weighted by Crippen LogP contribution is 2.23. The Morgan fingerprint density at radius 1 is 1.30 bits per heavy atom. The zero-order chi connectivity index (χ0) is 16.2. The highest BCUT2D eigenvalue weighted by Gasteiger charge is 2.29. The van der Waals surface area contributed by atoms with Crippen LogP contribution in [0.3, 0.4) is 0 Å². The van der Waals surface area contributed by atoms with E-state index >= 15 is 0 Å². The van der Waals surface area contributed by atoms with Crippen LogP contribution in [0, 0.1) is 5.82 Å². The van der Waals surface area contributed by atoms with Crippen LogP contribution in [-0.4, -0.2) is 23.6 Å².